The molecule has 2 heterocycles. The summed E-state index contributed by atoms with van der Waals surface area (Å²) >= 11 is 0. The molecule has 0 radical (unpaired) electrons. The first-order chi connectivity index (χ1) is 9.32. The average molecular weight is 300 g/mol. The molecule has 0 amide bonds. The summed E-state index contributed by atoms with van der Waals surface area (Å²) in [5.41, 5.74) is 5.77. The van der Waals surface area contributed by atoms with E-state index in [1.54, 1.807) is 17.3 Å². The molecule has 5 nitrogen and oxygen atoms in total. The molecule has 0 spiro atoms. The van der Waals surface area contributed by atoms with Crippen molar-refractivity contribution in [3.63, 3.8) is 0 Å². The maximum absolute atomic E-state index is 12.7. The minimum absolute atomic E-state index is 0.213. The molecule has 1 fully saturated rings. The number of nitrogens with zero attached hydrogens (tertiary/aromatic N) is 1. The van der Waals surface area contributed by atoms with Gasteiger partial charge in [-0.1, -0.05) is 20.3 Å². The molecule has 1 saturated heterocycles. The van der Waals surface area contributed by atoms with Gasteiger partial charge < -0.3 is 10.2 Å². The Morgan fingerprint density at radius 3 is 2.45 bits per heavy atom. The lowest BCUT2D eigenvalue weighted by Gasteiger charge is -2.38. The van der Waals surface area contributed by atoms with Crippen LogP contribution in [0, 0.1) is 12.3 Å². The van der Waals surface area contributed by atoms with Crippen LogP contribution in [0.1, 0.15) is 44.6 Å². The Morgan fingerprint density at radius 2 is 2.00 bits per heavy atom. The van der Waals surface area contributed by atoms with Crippen LogP contribution in [0.3, 0.4) is 0 Å². The van der Waals surface area contributed by atoms with E-state index in [1.807, 2.05) is 0 Å². The zero-order valence-electron chi connectivity index (χ0n) is 12.5. The van der Waals surface area contributed by atoms with Gasteiger partial charge in [-0.15, -0.1) is 0 Å². The van der Waals surface area contributed by atoms with Crippen molar-refractivity contribution >= 4 is 10.0 Å². The van der Waals surface area contributed by atoms with Gasteiger partial charge in [0.2, 0.25) is 10.0 Å². The highest BCUT2D eigenvalue weighted by atomic mass is 32.2. The summed E-state index contributed by atoms with van der Waals surface area (Å²) < 4.78 is 32.3. The molecule has 114 valence electrons. The number of hydrogen-bond donors (Lipinski definition) is 1. The van der Waals surface area contributed by atoms with Gasteiger partial charge in [-0.2, -0.15) is 4.31 Å². The molecule has 1 aromatic rings. The Bertz CT molecular complexity index is 569. The third-order valence-corrected chi connectivity index (χ3v) is 6.53. The minimum atomic E-state index is -3.46. The molecule has 0 unspecified atom stereocenters. The second kappa shape index (κ2) is 5.50. The van der Waals surface area contributed by atoms with Crippen molar-refractivity contribution in [2.24, 2.45) is 11.1 Å². The summed E-state index contributed by atoms with van der Waals surface area (Å²) in [6.45, 7) is 7.44. The number of aryl methyl sites for hydroxylation is 1. The van der Waals surface area contributed by atoms with Gasteiger partial charge in [-0.05, 0) is 25.2 Å². The number of hydrogen-bond acceptors (Lipinski definition) is 4. The monoisotopic (exact) mass is 300 g/mol. The van der Waals surface area contributed by atoms with Gasteiger partial charge in [-0.25, -0.2) is 8.42 Å². The van der Waals surface area contributed by atoms with Crippen molar-refractivity contribution in [1.82, 2.24) is 4.31 Å². The lowest BCUT2D eigenvalue weighted by atomic mass is 9.79. The minimum Gasteiger partial charge on any atom is -0.464 e. The molecule has 20 heavy (non-hydrogen) atoms. The lowest BCUT2D eigenvalue weighted by molar-refractivity contribution is 0.169. The number of furan rings is 1. The van der Waals surface area contributed by atoms with Crippen LogP contribution >= 0.6 is 0 Å². The highest BCUT2D eigenvalue weighted by Gasteiger charge is 2.35. The second-order valence-corrected chi connectivity index (χ2v) is 7.81. The highest BCUT2D eigenvalue weighted by molar-refractivity contribution is 7.89. The first-order valence-corrected chi connectivity index (χ1v) is 8.56. The first-order valence-electron chi connectivity index (χ1n) is 7.12. The van der Waals surface area contributed by atoms with Crippen LogP contribution < -0.4 is 5.73 Å². The molecular formula is C14H24N2O3S. The zero-order chi connectivity index (χ0) is 15.0. The fraction of sp³-hybridized carbons (Fsp3) is 0.714. The molecule has 1 aliphatic heterocycles. The highest BCUT2D eigenvalue weighted by Crippen LogP contribution is 2.36. The summed E-state index contributed by atoms with van der Waals surface area (Å²) in [5, 5.41) is 0. The van der Waals surface area contributed by atoms with Gasteiger partial charge in [0.05, 0.1) is 6.54 Å². The number of piperidine rings is 1. The van der Waals surface area contributed by atoms with Crippen LogP contribution in [0.4, 0.5) is 0 Å². The maximum Gasteiger partial charge on any atom is 0.246 e. The van der Waals surface area contributed by atoms with E-state index in [0.717, 1.165) is 19.3 Å². The van der Waals surface area contributed by atoms with Gasteiger partial charge in [0.25, 0.3) is 0 Å². The van der Waals surface area contributed by atoms with Crippen molar-refractivity contribution in [3.8, 4) is 0 Å². The molecule has 1 aliphatic rings. The van der Waals surface area contributed by atoms with Crippen LogP contribution in [-0.4, -0.2) is 25.8 Å². The second-order valence-electron chi connectivity index (χ2n) is 5.91. The zero-order valence-corrected chi connectivity index (χ0v) is 13.3. The summed E-state index contributed by atoms with van der Waals surface area (Å²) in [7, 11) is -3.46. The molecule has 0 aliphatic carbocycles. The molecule has 1 aromatic heterocycles. The van der Waals surface area contributed by atoms with Crippen molar-refractivity contribution < 1.29 is 12.8 Å². The van der Waals surface area contributed by atoms with E-state index in [1.165, 1.54) is 0 Å². The van der Waals surface area contributed by atoms with E-state index in [2.05, 4.69) is 13.8 Å². The van der Waals surface area contributed by atoms with Gasteiger partial charge >= 0.3 is 0 Å². The smallest absolute Gasteiger partial charge is 0.246 e. The normalized spacial score (nSPS) is 20.2. The fourth-order valence-corrected chi connectivity index (χ4v) is 4.27. The third-order valence-electron chi connectivity index (χ3n) is 4.53. The van der Waals surface area contributed by atoms with Gasteiger partial charge in [0.1, 0.15) is 16.4 Å². The molecule has 0 atom stereocenters. The number of nitrogens with two attached hydrogens (primary N) is 1. The number of rotatable bonds is 4. The van der Waals surface area contributed by atoms with Gasteiger partial charge in [0, 0.05) is 19.2 Å². The van der Waals surface area contributed by atoms with E-state index in [9.17, 15) is 8.42 Å². The molecule has 2 rings (SSSR count). The Balaban J connectivity index is 2.21. The van der Waals surface area contributed by atoms with Crippen molar-refractivity contribution in [2.75, 3.05) is 13.1 Å². The van der Waals surface area contributed by atoms with E-state index >= 15 is 0 Å². The Kier molecular flexibility index (Phi) is 4.27. The maximum atomic E-state index is 12.7. The summed E-state index contributed by atoms with van der Waals surface area (Å²) in [5.74, 6) is 0.936. The van der Waals surface area contributed by atoms with E-state index in [-0.39, 0.29) is 16.9 Å². The van der Waals surface area contributed by atoms with Crippen LogP contribution in [0.5, 0.6) is 0 Å². The lowest BCUT2D eigenvalue weighted by Crippen LogP contribution is -2.41. The molecule has 0 aromatic carbocycles. The van der Waals surface area contributed by atoms with E-state index < -0.39 is 10.0 Å². The van der Waals surface area contributed by atoms with Crippen LogP contribution in [0.25, 0.3) is 0 Å². The van der Waals surface area contributed by atoms with Gasteiger partial charge in [0.15, 0.2) is 0 Å². The summed E-state index contributed by atoms with van der Waals surface area (Å²) in [6.07, 6.45) is 2.90. The van der Waals surface area contributed by atoms with Gasteiger partial charge in [-0.3, -0.25) is 0 Å². The molecule has 2 N–H and O–H groups in total. The molecular weight excluding hydrogens is 276 g/mol. The molecule has 0 bridgehead atoms. The number of sulfonamides is 1. The van der Waals surface area contributed by atoms with E-state index in [4.69, 9.17) is 10.2 Å². The largest absolute Gasteiger partial charge is 0.464 e. The van der Waals surface area contributed by atoms with Crippen LogP contribution in [0.2, 0.25) is 0 Å². The molecule has 6 heteroatoms. The standard InChI is InChI=1S/C14H24N2O3S/c1-4-14(3)5-7-16(8-6-14)20(17,18)13-9-12(10-15)19-11(13)2/h9H,4-8,10,15H2,1-3H3. The predicted molar refractivity (Wildman–Crippen MR) is 77.7 cm³/mol. The fourth-order valence-electron chi connectivity index (χ4n) is 2.64. The summed E-state index contributed by atoms with van der Waals surface area (Å²) in [4.78, 5) is 0.262. The Labute approximate surface area is 121 Å². The van der Waals surface area contributed by atoms with Crippen molar-refractivity contribution in [1.29, 1.82) is 0 Å². The Morgan fingerprint density at radius 1 is 1.40 bits per heavy atom. The van der Waals surface area contributed by atoms with Crippen LogP contribution in [0.15, 0.2) is 15.4 Å². The summed E-state index contributed by atoms with van der Waals surface area (Å²) in [6, 6.07) is 1.55. The molecule has 0 saturated carbocycles. The Hall–Kier alpha value is -0.850. The van der Waals surface area contributed by atoms with Crippen LogP contribution in [-0.2, 0) is 16.6 Å². The average Bonchev–Trinajstić information content (AvgIpc) is 2.81. The van der Waals surface area contributed by atoms with Crippen molar-refractivity contribution in [2.45, 2.75) is 51.5 Å². The third kappa shape index (κ3) is 2.77. The predicted octanol–water partition coefficient (Wildman–Crippen LogP) is 2.25. The van der Waals surface area contributed by atoms with E-state index in [0.29, 0.717) is 24.6 Å². The quantitative estimate of drug-likeness (QED) is 0.925. The van der Waals surface area contributed by atoms with Crippen molar-refractivity contribution in [3.05, 3.63) is 17.6 Å². The first kappa shape index (κ1) is 15.5. The topological polar surface area (TPSA) is 76.5 Å². The SMILES string of the molecule is CCC1(C)CCN(S(=O)(=O)c2cc(CN)oc2C)CC1.